The van der Waals surface area contributed by atoms with Crippen molar-refractivity contribution in [2.24, 2.45) is 0 Å². The first kappa shape index (κ1) is 45.7. The van der Waals surface area contributed by atoms with Crippen molar-refractivity contribution in [1.82, 2.24) is 35.6 Å². The van der Waals surface area contributed by atoms with Crippen molar-refractivity contribution >= 4 is 52.9 Å². The van der Waals surface area contributed by atoms with Gasteiger partial charge in [-0.1, -0.05) is 49.4 Å². The van der Waals surface area contributed by atoms with Crippen LogP contribution in [-0.4, -0.2) is 143 Å². The highest BCUT2D eigenvalue weighted by Crippen LogP contribution is 2.27. The summed E-state index contributed by atoms with van der Waals surface area (Å²) in [6.07, 6.45) is 0.175. The molecule has 0 radical (unpaired) electrons. The molecular formula is C45H54N8O10. The van der Waals surface area contributed by atoms with E-state index in [1.165, 1.54) is 47.0 Å². The van der Waals surface area contributed by atoms with Gasteiger partial charge in [-0.25, -0.2) is 9.78 Å². The van der Waals surface area contributed by atoms with Gasteiger partial charge in [0.15, 0.2) is 11.7 Å². The molecule has 7 atom stereocenters. The molecule has 18 nitrogen and oxygen atoms in total. The minimum absolute atomic E-state index is 0.0299. The molecule has 2 aromatic carbocycles. The number of ketones is 1. The molecule has 3 aliphatic heterocycles. The van der Waals surface area contributed by atoms with Gasteiger partial charge in [0.25, 0.3) is 5.91 Å². The van der Waals surface area contributed by atoms with Gasteiger partial charge in [-0.15, -0.1) is 0 Å². The monoisotopic (exact) mass is 866 g/mol. The maximum atomic E-state index is 15.0. The number of benzene rings is 2. The summed E-state index contributed by atoms with van der Waals surface area (Å²) in [4.78, 5) is 123. The molecule has 6 rings (SSSR count). The van der Waals surface area contributed by atoms with Crippen molar-refractivity contribution in [3.8, 4) is 5.75 Å². The zero-order chi connectivity index (χ0) is 45.5. The van der Waals surface area contributed by atoms with Crippen molar-refractivity contribution in [3.05, 3.63) is 89.7 Å². The maximum absolute atomic E-state index is 15.0. The van der Waals surface area contributed by atoms with Gasteiger partial charge in [-0.05, 0) is 61.6 Å². The van der Waals surface area contributed by atoms with Crippen LogP contribution in [0, 0.1) is 0 Å². The average Bonchev–Trinajstić information content (AvgIpc) is 3.77. The number of likely N-dealkylation sites (N-methyl/N-ethyl adjacent to an activating group) is 1. The van der Waals surface area contributed by atoms with Crippen LogP contribution in [0.3, 0.4) is 0 Å². The summed E-state index contributed by atoms with van der Waals surface area (Å²) < 4.78 is 5.85. The number of rotatable bonds is 7. The van der Waals surface area contributed by atoms with Crippen LogP contribution in [0.1, 0.15) is 73.6 Å². The third-order valence-electron chi connectivity index (χ3n) is 11.8. The molecule has 3 fully saturated rings. The van der Waals surface area contributed by atoms with Gasteiger partial charge >= 0.3 is 5.97 Å². The van der Waals surface area contributed by atoms with Crippen LogP contribution in [0.5, 0.6) is 5.75 Å². The summed E-state index contributed by atoms with van der Waals surface area (Å²) in [6, 6.07) is 10.1. The summed E-state index contributed by atoms with van der Waals surface area (Å²) in [6.45, 7) is 3.02. The van der Waals surface area contributed by atoms with Crippen LogP contribution in [0.15, 0.2) is 72.9 Å². The number of amides is 6. The van der Waals surface area contributed by atoms with Crippen molar-refractivity contribution < 1.29 is 48.2 Å². The largest absolute Gasteiger partial charge is 0.505 e. The van der Waals surface area contributed by atoms with Crippen molar-refractivity contribution in [2.45, 2.75) is 94.7 Å². The van der Waals surface area contributed by atoms with E-state index in [2.05, 4.69) is 20.9 Å². The molecule has 1 aromatic heterocycles. The molecule has 3 aromatic rings. The van der Waals surface area contributed by atoms with E-state index < -0.39 is 95.2 Å². The van der Waals surface area contributed by atoms with E-state index in [0.717, 1.165) is 5.69 Å². The first-order chi connectivity index (χ1) is 30.1. The number of aromatic hydroxyl groups is 1. The van der Waals surface area contributed by atoms with Crippen LogP contribution in [0.2, 0.25) is 0 Å². The molecule has 0 spiro atoms. The SMILES string of the molecule is CC[C@@H]1NC(=O)[C@@H](NC(=O)c2ncccc2O)[C@H](C)OC(=O)[C@H](c2ccccc2)NC(=O)[C@@H]2CC(=O)CCN2C(=O)[C@H](Cc2ccc(N(C)C)cc2)N(C)C(=O)[C@@H]2CCCN2C1=O. The third-order valence-corrected chi connectivity index (χ3v) is 11.8. The molecule has 3 aliphatic rings. The number of anilines is 1. The Kier molecular flexibility index (Phi) is 14.4. The molecular weight excluding hydrogens is 813 g/mol. The normalized spacial score (nSPS) is 25.4. The third kappa shape index (κ3) is 10.3. The number of nitrogens with zero attached hydrogens (tertiary/aromatic N) is 5. The van der Waals surface area contributed by atoms with E-state index in [1.807, 2.05) is 43.3 Å². The molecule has 0 bridgehead atoms. The number of nitrogens with one attached hydrogen (secondary N) is 3. The highest BCUT2D eigenvalue weighted by molar-refractivity contribution is 6.01. The molecule has 0 saturated carbocycles. The Morgan fingerprint density at radius 2 is 1.57 bits per heavy atom. The second kappa shape index (κ2) is 19.9. The standard InChI is InChI=1S/C45H54N8O10/c1-6-31-42(59)52-22-11-14-32(52)43(60)51(5)34(24-27-16-18-29(19-17-27)50(3)4)44(61)53-23-20-30(54)25-33(53)39(56)49-37(28-12-8-7-9-13-28)45(62)63-26(2)36(40(57)47-31)48-41(58)38-35(55)15-10-21-46-38/h7-10,12-13,15-19,21,26,31-34,36-37,55H,6,11,14,20,22-25H2,1-5H3,(H,47,57)(H,48,58)(H,49,56)/t26-,31-,32-,33-,34-,36-,37-/m0/s1. The predicted octanol–water partition coefficient (Wildman–Crippen LogP) is 1.27. The Bertz CT molecular complexity index is 2220. The number of pyridine rings is 1. The smallest absolute Gasteiger partial charge is 0.333 e. The fourth-order valence-electron chi connectivity index (χ4n) is 8.20. The lowest BCUT2D eigenvalue weighted by atomic mass is 9.95. The maximum Gasteiger partial charge on any atom is 0.333 e. The lowest BCUT2D eigenvalue weighted by Crippen LogP contribution is -2.61. The molecule has 334 valence electrons. The summed E-state index contributed by atoms with van der Waals surface area (Å²) in [5.41, 5.74) is 1.45. The van der Waals surface area contributed by atoms with E-state index >= 15 is 0 Å². The van der Waals surface area contributed by atoms with Gasteiger partial charge in [0.05, 0.1) is 0 Å². The first-order valence-corrected chi connectivity index (χ1v) is 21.1. The topological polar surface area (TPSA) is 228 Å². The van der Waals surface area contributed by atoms with Crippen molar-refractivity contribution in [3.63, 3.8) is 0 Å². The summed E-state index contributed by atoms with van der Waals surface area (Å²) in [7, 11) is 5.25. The number of fused-ring (bicyclic) bond motifs is 2. The van der Waals surface area contributed by atoms with Crippen molar-refractivity contribution in [2.75, 3.05) is 39.1 Å². The zero-order valence-electron chi connectivity index (χ0n) is 36.0. The van der Waals surface area contributed by atoms with Crippen LogP contribution < -0.4 is 20.9 Å². The fraction of sp³-hybridized carbons (Fsp3) is 0.444. The van der Waals surface area contributed by atoms with E-state index in [0.29, 0.717) is 12.0 Å². The van der Waals surface area contributed by atoms with E-state index in [1.54, 1.807) is 37.3 Å². The van der Waals surface area contributed by atoms with Gasteiger partial charge in [0.1, 0.15) is 47.8 Å². The Morgan fingerprint density at radius 3 is 2.24 bits per heavy atom. The molecule has 63 heavy (non-hydrogen) atoms. The van der Waals surface area contributed by atoms with Gasteiger partial charge in [0.2, 0.25) is 29.5 Å². The van der Waals surface area contributed by atoms with Gasteiger partial charge < -0.3 is 45.4 Å². The number of ether oxygens (including phenoxy) is 1. The van der Waals surface area contributed by atoms with E-state index in [9.17, 15) is 43.5 Å². The summed E-state index contributed by atoms with van der Waals surface area (Å²) in [5, 5.41) is 18.2. The van der Waals surface area contributed by atoms with Crippen molar-refractivity contribution in [1.29, 1.82) is 0 Å². The number of Topliss-reactive ketones (excluding diaryl/α,β-unsaturated/α-hetero) is 1. The number of piperidine rings is 1. The molecule has 18 heteroatoms. The lowest BCUT2D eigenvalue weighted by molar-refractivity contribution is -0.156. The first-order valence-electron chi connectivity index (χ1n) is 21.1. The number of aromatic nitrogens is 1. The predicted molar refractivity (Wildman–Crippen MR) is 228 cm³/mol. The second-order valence-electron chi connectivity index (χ2n) is 16.2. The number of esters is 1. The van der Waals surface area contributed by atoms with Crippen LogP contribution in [0.4, 0.5) is 5.69 Å². The number of carbonyl (C=O) groups excluding carboxylic acids is 8. The molecule has 3 saturated heterocycles. The van der Waals surface area contributed by atoms with Crippen LogP contribution in [0.25, 0.3) is 0 Å². The lowest BCUT2D eigenvalue weighted by Gasteiger charge is -2.40. The zero-order valence-corrected chi connectivity index (χ0v) is 36.0. The number of cyclic esters (lactones) is 1. The number of carbonyl (C=O) groups is 8. The molecule has 6 amide bonds. The Hall–Kier alpha value is -6.85. The van der Waals surface area contributed by atoms with Gasteiger partial charge in [-0.2, -0.15) is 0 Å². The summed E-state index contributed by atoms with van der Waals surface area (Å²) in [5.74, 6) is -6.33. The Balaban J connectivity index is 1.44. The molecule has 0 unspecified atom stereocenters. The average molecular weight is 867 g/mol. The Labute approximate surface area is 365 Å². The minimum atomic E-state index is -1.68. The highest BCUT2D eigenvalue weighted by Gasteiger charge is 2.45. The van der Waals surface area contributed by atoms with Crippen LogP contribution in [-0.2, 0) is 44.7 Å². The highest BCUT2D eigenvalue weighted by atomic mass is 16.5. The number of hydrogen-bond donors (Lipinski definition) is 4. The van der Waals surface area contributed by atoms with E-state index in [4.69, 9.17) is 4.74 Å². The van der Waals surface area contributed by atoms with E-state index in [-0.39, 0.29) is 56.5 Å². The minimum Gasteiger partial charge on any atom is -0.505 e. The molecule has 4 N–H and O–H groups in total. The number of hydrogen-bond acceptors (Lipinski definition) is 12. The molecule has 4 heterocycles. The second-order valence-corrected chi connectivity index (χ2v) is 16.2. The Morgan fingerprint density at radius 1 is 0.873 bits per heavy atom. The quantitative estimate of drug-likeness (QED) is 0.247. The summed E-state index contributed by atoms with van der Waals surface area (Å²) >= 11 is 0. The van der Waals surface area contributed by atoms with Crippen LogP contribution >= 0.6 is 0 Å². The molecule has 0 aliphatic carbocycles. The fourth-order valence-corrected chi connectivity index (χ4v) is 8.20. The van der Waals surface area contributed by atoms with Gasteiger partial charge in [-0.3, -0.25) is 33.6 Å². The van der Waals surface area contributed by atoms with Gasteiger partial charge in [0, 0.05) is 65.4 Å².